The Morgan fingerprint density at radius 3 is 2.41 bits per heavy atom. The van der Waals surface area contributed by atoms with Gasteiger partial charge in [-0.2, -0.15) is 0 Å². The largest absolute Gasteiger partial charge is 0.496 e. The highest BCUT2D eigenvalue weighted by atomic mass is 32.2. The van der Waals surface area contributed by atoms with Gasteiger partial charge in [0.15, 0.2) is 0 Å². The first-order chi connectivity index (χ1) is 16.3. The molecular formula is C22H21N3O8S. The number of thioether (sulfide) groups is 1. The van der Waals surface area contributed by atoms with Crippen molar-refractivity contribution in [3.63, 3.8) is 0 Å². The van der Waals surface area contributed by atoms with Crippen LogP contribution in [0.2, 0.25) is 0 Å². The number of nitro groups is 1. The number of methoxy groups -OCH3 is 2. The molecule has 0 saturated carbocycles. The van der Waals surface area contributed by atoms with Crippen molar-refractivity contribution in [1.29, 1.82) is 0 Å². The van der Waals surface area contributed by atoms with Crippen LogP contribution in [0.5, 0.6) is 17.2 Å². The van der Waals surface area contributed by atoms with E-state index in [2.05, 4.69) is 5.32 Å². The smallest absolute Gasteiger partial charge is 0.311 e. The lowest BCUT2D eigenvalue weighted by molar-refractivity contribution is -0.385. The summed E-state index contributed by atoms with van der Waals surface area (Å²) in [6.07, 6.45) is 1.31. The van der Waals surface area contributed by atoms with Gasteiger partial charge in [0.05, 0.1) is 30.7 Å². The molecule has 1 fully saturated rings. The first-order valence-corrected chi connectivity index (χ1v) is 10.8. The van der Waals surface area contributed by atoms with Crippen molar-refractivity contribution < 1.29 is 33.5 Å². The summed E-state index contributed by atoms with van der Waals surface area (Å²) in [6, 6.07) is 9.15. The first-order valence-electron chi connectivity index (χ1n) is 9.95. The lowest BCUT2D eigenvalue weighted by Crippen LogP contribution is -2.36. The summed E-state index contributed by atoms with van der Waals surface area (Å²) in [5, 5.41) is 13.3. The lowest BCUT2D eigenvalue weighted by Gasteiger charge is -2.13. The van der Waals surface area contributed by atoms with Gasteiger partial charge in [0, 0.05) is 23.4 Å². The molecule has 0 radical (unpaired) electrons. The molecule has 1 saturated heterocycles. The highest BCUT2D eigenvalue weighted by Gasteiger charge is 2.36. The highest BCUT2D eigenvalue weighted by Crippen LogP contribution is 2.38. The molecule has 11 nitrogen and oxygen atoms in total. The standard InChI is InChI=1S/C22H21N3O8S/c1-4-33-15-7-5-14(6-8-15)23-20(26)12-24-21(27)19(34-22(24)28)10-13-9-16(25(29)30)18(32-3)11-17(13)31-2/h5-11H,4,12H2,1-3H3,(H,23,26)/b19-10+. The van der Waals surface area contributed by atoms with E-state index in [1.165, 1.54) is 32.4 Å². The average molecular weight is 487 g/mol. The molecule has 0 unspecified atom stereocenters. The van der Waals surface area contributed by atoms with Gasteiger partial charge < -0.3 is 19.5 Å². The number of amides is 3. The Morgan fingerprint density at radius 2 is 1.82 bits per heavy atom. The molecule has 0 bridgehead atoms. The van der Waals surface area contributed by atoms with Crippen molar-refractivity contribution in [2.24, 2.45) is 0 Å². The van der Waals surface area contributed by atoms with E-state index in [1.54, 1.807) is 24.3 Å². The third-order valence-electron chi connectivity index (χ3n) is 4.64. The van der Waals surface area contributed by atoms with Crippen molar-refractivity contribution in [2.75, 3.05) is 32.7 Å². The lowest BCUT2D eigenvalue weighted by atomic mass is 10.1. The molecule has 0 atom stereocenters. The van der Waals surface area contributed by atoms with Gasteiger partial charge >= 0.3 is 5.69 Å². The molecule has 0 spiro atoms. The summed E-state index contributed by atoms with van der Waals surface area (Å²) in [4.78, 5) is 49.1. The van der Waals surface area contributed by atoms with E-state index in [1.807, 2.05) is 6.92 Å². The Kier molecular flexibility index (Phi) is 7.74. The Hall–Kier alpha value is -4.06. The minimum atomic E-state index is -0.697. The van der Waals surface area contributed by atoms with Gasteiger partial charge in [0.25, 0.3) is 11.1 Å². The SMILES string of the molecule is CCOc1ccc(NC(=O)CN2C(=O)S/C(=C/c3cc([N+](=O)[O-])c(OC)cc3OC)C2=O)cc1. The maximum absolute atomic E-state index is 12.8. The second-order valence-electron chi connectivity index (χ2n) is 6.80. The third-order valence-corrected chi connectivity index (χ3v) is 5.55. The number of hydrogen-bond acceptors (Lipinski definition) is 9. The zero-order valence-electron chi connectivity index (χ0n) is 18.5. The van der Waals surface area contributed by atoms with Gasteiger partial charge in [-0.3, -0.25) is 29.4 Å². The van der Waals surface area contributed by atoms with E-state index < -0.39 is 28.5 Å². The maximum atomic E-state index is 12.8. The number of ether oxygens (including phenoxy) is 3. The number of nitrogens with one attached hydrogen (secondary N) is 1. The molecule has 1 aliphatic heterocycles. The van der Waals surface area contributed by atoms with Gasteiger partial charge in [-0.15, -0.1) is 0 Å². The summed E-state index contributed by atoms with van der Waals surface area (Å²) < 4.78 is 15.6. The number of imide groups is 1. The van der Waals surface area contributed by atoms with Crippen LogP contribution in [0.1, 0.15) is 12.5 Å². The second kappa shape index (κ2) is 10.7. The van der Waals surface area contributed by atoms with Gasteiger partial charge in [0.1, 0.15) is 18.0 Å². The Morgan fingerprint density at radius 1 is 1.15 bits per heavy atom. The topological polar surface area (TPSA) is 137 Å². The van der Waals surface area contributed by atoms with Crippen molar-refractivity contribution in [1.82, 2.24) is 4.90 Å². The Balaban J connectivity index is 1.77. The summed E-state index contributed by atoms with van der Waals surface area (Å²) in [5.41, 5.74) is 0.356. The van der Waals surface area contributed by atoms with E-state index in [0.29, 0.717) is 29.8 Å². The van der Waals surface area contributed by atoms with Gasteiger partial charge in [-0.25, -0.2) is 0 Å². The van der Waals surface area contributed by atoms with Gasteiger partial charge in [-0.1, -0.05) is 0 Å². The van der Waals surface area contributed by atoms with Crippen LogP contribution in [0.3, 0.4) is 0 Å². The number of benzene rings is 2. The molecular weight excluding hydrogens is 466 g/mol. The van der Waals surface area contributed by atoms with Crippen LogP contribution in [0.15, 0.2) is 41.3 Å². The fourth-order valence-corrected chi connectivity index (χ4v) is 3.91. The molecule has 0 aromatic heterocycles. The minimum Gasteiger partial charge on any atom is -0.496 e. The highest BCUT2D eigenvalue weighted by molar-refractivity contribution is 8.18. The van der Waals surface area contributed by atoms with Crippen molar-refractivity contribution in [3.05, 3.63) is 57.0 Å². The number of nitrogens with zero attached hydrogens (tertiary/aromatic N) is 2. The number of carbonyl (C=O) groups is 3. The molecule has 3 amide bonds. The van der Waals surface area contributed by atoms with Gasteiger partial charge in [-0.05, 0) is 49.0 Å². The quantitative estimate of drug-likeness (QED) is 0.319. The average Bonchev–Trinajstić information content (AvgIpc) is 3.07. The molecule has 1 heterocycles. The summed E-state index contributed by atoms with van der Waals surface area (Å²) in [6.45, 7) is 1.87. The van der Waals surface area contributed by atoms with Crippen LogP contribution < -0.4 is 19.5 Å². The molecule has 12 heteroatoms. The Bertz CT molecular complexity index is 1160. The third kappa shape index (κ3) is 5.46. The monoisotopic (exact) mass is 487 g/mol. The molecule has 1 aliphatic rings. The van der Waals surface area contributed by atoms with E-state index in [9.17, 15) is 24.5 Å². The van der Waals surface area contributed by atoms with Crippen molar-refractivity contribution >= 4 is 46.3 Å². The predicted molar refractivity (Wildman–Crippen MR) is 125 cm³/mol. The molecule has 178 valence electrons. The number of rotatable bonds is 9. The molecule has 34 heavy (non-hydrogen) atoms. The van der Waals surface area contributed by atoms with E-state index in [-0.39, 0.29) is 27.7 Å². The van der Waals surface area contributed by atoms with E-state index >= 15 is 0 Å². The summed E-state index contributed by atoms with van der Waals surface area (Å²) in [7, 11) is 2.64. The Labute approximate surface area is 198 Å². The number of hydrogen-bond donors (Lipinski definition) is 1. The van der Waals surface area contributed by atoms with E-state index in [4.69, 9.17) is 14.2 Å². The predicted octanol–water partition coefficient (Wildman–Crippen LogP) is 3.69. The normalized spacial score (nSPS) is 14.3. The molecule has 1 N–H and O–H groups in total. The zero-order chi connectivity index (χ0) is 24.8. The van der Waals surface area contributed by atoms with E-state index in [0.717, 1.165) is 4.90 Å². The van der Waals surface area contributed by atoms with Crippen LogP contribution in [0.4, 0.5) is 16.2 Å². The summed E-state index contributed by atoms with van der Waals surface area (Å²) in [5.74, 6) is -0.422. The molecule has 0 aliphatic carbocycles. The minimum absolute atomic E-state index is 0.00312. The number of carbonyl (C=O) groups excluding carboxylic acids is 3. The van der Waals surface area contributed by atoms with Crippen LogP contribution in [0.25, 0.3) is 6.08 Å². The number of anilines is 1. The fraction of sp³-hybridized carbons (Fsp3) is 0.227. The first kappa shape index (κ1) is 24.6. The fourth-order valence-electron chi connectivity index (χ4n) is 3.08. The molecule has 3 rings (SSSR count). The van der Waals surface area contributed by atoms with Crippen LogP contribution in [-0.2, 0) is 9.59 Å². The second-order valence-corrected chi connectivity index (χ2v) is 7.79. The van der Waals surface area contributed by atoms with Crippen molar-refractivity contribution in [2.45, 2.75) is 6.92 Å². The summed E-state index contributed by atoms with van der Waals surface area (Å²) >= 11 is 0.621. The van der Waals surface area contributed by atoms with Crippen LogP contribution in [0, 0.1) is 10.1 Å². The zero-order valence-corrected chi connectivity index (χ0v) is 19.3. The van der Waals surface area contributed by atoms with Crippen LogP contribution >= 0.6 is 11.8 Å². The van der Waals surface area contributed by atoms with Crippen molar-refractivity contribution in [3.8, 4) is 17.2 Å². The van der Waals surface area contributed by atoms with Crippen LogP contribution in [-0.4, -0.2) is 54.2 Å². The van der Waals surface area contributed by atoms with Gasteiger partial charge in [0.2, 0.25) is 11.7 Å². The molecule has 2 aromatic carbocycles. The molecule has 2 aromatic rings. The maximum Gasteiger partial charge on any atom is 0.311 e. The number of nitro benzene ring substituents is 1.